The number of amides is 1. The SMILES string of the molecule is CC(=O)N1CCc2cc(S(=O)(=O)NC(CN)C3CC3)ccc21.Cl. The Kier molecular flexibility index (Phi) is 5.35. The van der Waals surface area contributed by atoms with Crippen LogP contribution in [0.25, 0.3) is 0 Å². The molecule has 0 aromatic heterocycles. The standard InChI is InChI=1S/C15H21N3O3S.ClH/c1-10(19)18-7-6-12-8-13(4-5-15(12)18)22(20,21)17-14(9-16)11-2-3-11;/h4-5,8,11,14,17H,2-3,6-7,9,16H2,1H3;1H. The Balaban J connectivity index is 0.00000192. The molecule has 0 bridgehead atoms. The highest BCUT2D eigenvalue weighted by Crippen LogP contribution is 2.34. The third kappa shape index (κ3) is 3.68. The molecule has 2 aliphatic rings. The Morgan fingerprint density at radius 3 is 2.70 bits per heavy atom. The lowest BCUT2D eigenvalue weighted by Gasteiger charge is -2.17. The van der Waals surface area contributed by atoms with Gasteiger partial charge in [0.15, 0.2) is 0 Å². The molecule has 1 aromatic carbocycles. The van der Waals surface area contributed by atoms with E-state index < -0.39 is 10.0 Å². The van der Waals surface area contributed by atoms with Crippen molar-refractivity contribution in [3.8, 4) is 0 Å². The molecule has 1 aliphatic carbocycles. The first-order chi connectivity index (χ1) is 10.4. The second kappa shape index (κ2) is 6.76. The molecule has 1 heterocycles. The van der Waals surface area contributed by atoms with Gasteiger partial charge in [-0.2, -0.15) is 0 Å². The van der Waals surface area contributed by atoms with Crippen LogP contribution in [0, 0.1) is 5.92 Å². The van der Waals surface area contributed by atoms with Crippen molar-refractivity contribution in [2.75, 3.05) is 18.0 Å². The molecule has 23 heavy (non-hydrogen) atoms. The Bertz CT molecular complexity index is 704. The summed E-state index contributed by atoms with van der Waals surface area (Å²) in [5.41, 5.74) is 7.38. The van der Waals surface area contributed by atoms with Crippen LogP contribution in [0.15, 0.2) is 23.1 Å². The summed E-state index contributed by atoms with van der Waals surface area (Å²) in [5.74, 6) is 0.340. The van der Waals surface area contributed by atoms with Gasteiger partial charge in [0.05, 0.1) is 4.90 Å². The third-order valence-corrected chi connectivity index (χ3v) is 5.88. The quantitative estimate of drug-likeness (QED) is 0.821. The molecule has 128 valence electrons. The molecule has 3 N–H and O–H groups in total. The van der Waals surface area contributed by atoms with Crippen molar-refractivity contribution in [2.45, 2.75) is 37.1 Å². The first-order valence-corrected chi connectivity index (χ1v) is 9.04. The van der Waals surface area contributed by atoms with Gasteiger partial charge in [-0.25, -0.2) is 13.1 Å². The van der Waals surface area contributed by atoms with Crippen LogP contribution < -0.4 is 15.4 Å². The Labute approximate surface area is 142 Å². The molecule has 1 saturated carbocycles. The number of carbonyl (C=O) groups is 1. The van der Waals surface area contributed by atoms with E-state index in [0.717, 1.165) is 24.1 Å². The Morgan fingerprint density at radius 1 is 1.43 bits per heavy atom. The van der Waals surface area contributed by atoms with E-state index in [1.54, 1.807) is 23.1 Å². The molecule has 0 radical (unpaired) electrons. The fourth-order valence-corrected chi connectivity index (χ4v) is 4.34. The summed E-state index contributed by atoms with van der Waals surface area (Å²) in [7, 11) is -3.57. The van der Waals surface area contributed by atoms with E-state index in [1.165, 1.54) is 6.92 Å². The highest BCUT2D eigenvalue weighted by molar-refractivity contribution is 7.89. The summed E-state index contributed by atoms with van der Waals surface area (Å²) in [5, 5.41) is 0. The van der Waals surface area contributed by atoms with Gasteiger partial charge in [0.1, 0.15) is 0 Å². The average molecular weight is 360 g/mol. The van der Waals surface area contributed by atoms with E-state index in [-0.39, 0.29) is 29.3 Å². The largest absolute Gasteiger partial charge is 0.329 e. The Hall–Kier alpha value is -1.15. The van der Waals surface area contributed by atoms with Crippen molar-refractivity contribution >= 4 is 34.0 Å². The number of carbonyl (C=O) groups excluding carboxylic acids is 1. The monoisotopic (exact) mass is 359 g/mol. The predicted molar refractivity (Wildman–Crippen MR) is 91.3 cm³/mol. The zero-order valence-electron chi connectivity index (χ0n) is 13.0. The number of hydrogen-bond donors (Lipinski definition) is 2. The highest BCUT2D eigenvalue weighted by atomic mass is 35.5. The molecule has 1 aromatic rings. The molecule has 8 heteroatoms. The maximum absolute atomic E-state index is 12.5. The fraction of sp³-hybridized carbons (Fsp3) is 0.533. The average Bonchev–Trinajstić information content (AvgIpc) is 3.22. The summed E-state index contributed by atoms with van der Waals surface area (Å²) < 4.78 is 27.7. The number of hydrogen-bond acceptors (Lipinski definition) is 4. The van der Waals surface area contributed by atoms with Crippen molar-refractivity contribution in [2.24, 2.45) is 11.7 Å². The van der Waals surface area contributed by atoms with E-state index in [1.807, 2.05) is 0 Å². The molecule has 0 saturated heterocycles. The van der Waals surface area contributed by atoms with Gasteiger partial charge < -0.3 is 10.6 Å². The summed E-state index contributed by atoms with van der Waals surface area (Å²) >= 11 is 0. The zero-order valence-corrected chi connectivity index (χ0v) is 14.6. The molecule has 1 amide bonds. The normalized spacial score (nSPS) is 18.3. The minimum atomic E-state index is -3.57. The minimum absolute atomic E-state index is 0. The van der Waals surface area contributed by atoms with Gasteiger partial charge >= 0.3 is 0 Å². The molecular formula is C15H22ClN3O3S. The van der Waals surface area contributed by atoms with Crippen LogP contribution in [0.2, 0.25) is 0 Å². The lowest BCUT2D eigenvalue weighted by Crippen LogP contribution is -2.41. The number of halogens is 1. The van der Waals surface area contributed by atoms with E-state index in [0.29, 0.717) is 25.4 Å². The first kappa shape index (κ1) is 18.2. The smallest absolute Gasteiger partial charge is 0.240 e. The molecule has 1 fully saturated rings. The maximum atomic E-state index is 12.5. The lowest BCUT2D eigenvalue weighted by atomic mass is 10.2. The lowest BCUT2D eigenvalue weighted by molar-refractivity contribution is -0.116. The zero-order chi connectivity index (χ0) is 15.9. The number of sulfonamides is 1. The van der Waals surface area contributed by atoms with Crippen molar-refractivity contribution in [3.63, 3.8) is 0 Å². The molecule has 3 rings (SSSR count). The number of rotatable bonds is 5. The fourth-order valence-electron chi connectivity index (χ4n) is 2.98. The molecule has 1 aliphatic heterocycles. The summed E-state index contributed by atoms with van der Waals surface area (Å²) in [6.07, 6.45) is 2.74. The van der Waals surface area contributed by atoms with Crippen molar-refractivity contribution in [3.05, 3.63) is 23.8 Å². The van der Waals surface area contributed by atoms with Crippen molar-refractivity contribution < 1.29 is 13.2 Å². The van der Waals surface area contributed by atoms with Crippen LogP contribution >= 0.6 is 12.4 Å². The second-order valence-corrected chi connectivity index (χ2v) is 7.73. The molecule has 1 atom stereocenters. The van der Waals surface area contributed by atoms with Gasteiger partial charge in [-0.15, -0.1) is 12.4 Å². The van der Waals surface area contributed by atoms with Crippen LogP contribution in [0.5, 0.6) is 0 Å². The summed E-state index contributed by atoms with van der Waals surface area (Å²) in [6, 6.07) is 4.75. The number of anilines is 1. The van der Waals surface area contributed by atoms with Gasteiger partial charge in [0.25, 0.3) is 0 Å². The summed E-state index contributed by atoms with van der Waals surface area (Å²) in [4.78, 5) is 13.5. The van der Waals surface area contributed by atoms with Crippen molar-refractivity contribution in [1.82, 2.24) is 4.72 Å². The highest BCUT2D eigenvalue weighted by Gasteiger charge is 2.34. The van der Waals surface area contributed by atoms with E-state index in [2.05, 4.69) is 4.72 Å². The van der Waals surface area contributed by atoms with Gasteiger partial charge in [-0.3, -0.25) is 4.79 Å². The Morgan fingerprint density at radius 2 is 2.13 bits per heavy atom. The number of fused-ring (bicyclic) bond motifs is 1. The van der Waals surface area contributed by atoms with E-state index in [4.69, 9.17) is 5.73 Å². The van der Waals surface area contributed by atoms with Crippen LogP contribution in [0.1, 0.15) is 25.3 Å². The number of nitrogens with two attached hydrogens (primary N) is 1. The van der Waals surface area contributed by atoms with Crippen LogP contribution in [0.3, 0.4) is 0 Å². The molecule has 6 nitrogen and oxygen atoms in total. The van der Waals surface area contributed by atoms with Gasteiger partial charge in [-0.05, 0) is 48.9 Å². The van der Waals surface area contributed by atoms with Crippen LogP contribution in [-0.4, -0.2) is 33.5 Å². The molecule has 0 spiro atoms. The van der Waals surface area contributed by atoms with Gasteiger partial charge in [0.2, 0.25) is 15.9 Å². The van der Waals surface area contributed by atoms with E-state index in [9.17, 15) is 13.2 Å². The third-order valence-electron chi connectivity index (χ3n) is 4.39. The van der Waals surface area contributed by atoms with Crippen LogP contribution in [-0.2, 0) is 21.2 Å². The summed E-state index contributed by atoms with van der Waals surface area (Å²) in [6.45, 7) is 2.44. The first-order valence-electron chi connectivity index (χ1n) is 7.56. The number of nitrogens with zero attached hydrogens (tertiary/aromatic N) is 1. The maximum Gasteiger partial charge on any atom is 0.240 e. The predicted octanol–water partition coefficient (Wildman–Crippen LogP) is 1.03. The minimum Gasteiger partial charge on any atom is -0.329 e. The second-order valence-electron chi connectivity index (χ2n) is 6.01. The topological polar surface area (TPSA) is 92.5 Å². The van der Waals surface area contributed by atoms with Gasteiger partial charge in [-0.1, -0.05) is 0 Å². The van der Waals surface area contributed by atoms with E-state index >= 15 is 0 Å². The van der Waals surface area contributed by atoms with Gasteiger partial charge in [0, 0.05) is 31.7 Å². The van der Waals surface area contributed by atoms with Crippen LogP contribution in [0.4, 0.5) is 5.69 Å². The number of benzene rings is 1. The molecule has 1 unspecified atom stereocenters. The number of nitrogens with one attached hydrogen (secondary N) is 1. The van der Waals surface area contributed by atoms with Crippen molar-refractivity contribution in [1.29, 1.82) is 0 Å². The molecular weight excluding hydrogens is 338 g/mol.